The number of carbonyl (C=O) groups excluding carboxylic acids is 1. The van der Waals surface area contributed by atoms with E-state index in [1.165, 1.54) is 33.2 Å². The summed E-state index contributed by atoms with van der Waals surface area (Å²) in [5, 5.41) is 14.9. The summed E-state index contributed by atoms with van der Waals surface area (Å²) in [7, 11) is 1.73. The van der Waals surface area contributed by atoms with Gasteiger partial charge >= 0.3 is 11.4 Å². The normalized spacial score (nSPS) is 23.8. The van der Waals surface area contributed by atoms with Crippen molar-refractivity contribution in [1.29, 1.82) is 0 Å². The summed E-state index contributed by atoms with van der Waals surface area (Å²) in [5.41, 5.74) is 3.42. The van der Waals surface area contributed by atoms with E-state index in [9.17, 15) is 9.59 Å². The van der Waals surface area contributed by atoms with Crippen LogP contribution in [0, 0.1) is 17.6 Å². The fraction of sp³-hybridized carbons (Fsp3) is 0.412. The maximum Gasteiger partial charge on any atom is 0.438 e. The average Bonchev–Trinajstić information content (AvgIpc) is 4.21. The lowest BCUT2D eigenvalue weighted by Crippen LogP contribution is -2.49. The van der Waals surface area contributed by atoms with Crippen molar-refractivity contribution in [3.63, 3.8) is 0 Å². The second-order valence-corrected chi connectivity index (χ2v) is 20.7. The highest BCUT2D eigenvalue weighted by molar-refractivity contribution is 6.00. The number of fused-ring (bicyclic) bond motifs is 3. The summed E-state index contributed by atoms with van der Waals surface area (Å²) in [4.78, 5) is 48.2. The SMILES string of the molecule is C[C@H]1c2c(nn(-c3ccc(F)c(C4CC4)c3)c2-n2ccn(-c3ccc4c(cnn4C)c3F)c2=O)CC2(CC2)N1C(=O)c1cc2cc([C@H]3CCOC(C)(C)C3)ccc2n1[C@@]1(c2noc(=O)[nH]2)C[C@@H]1C. The Morgan fingerprint density at radius 1 is 0.912 bits per heavy atom. The van der Waals surface area contributed by atoms with Crippen LogP contribution in [-0.2, 0) is 23.7 Å². The van der Waals surface area contributed by atoms with E-state index in [4.69, 9.17) is 14.4 Å². The molecule has 0 radical (unpaired) electrons. The van der Waals surface area contributed by atoms with E-state index >= 15 is 13.6 Å². The van der Waals surface area contributed by atoms with Crippen LogP contribution in [-0.4, -0.2) is 72.0 Å². The van der Waals surface area contributed by atoms with Crippen molar-refractivity contribution in [2.45, 2.75) is 114 Å². The zero-order chi connectivity index (χ0) is 46.8. The Morgan fingerprint density at radius 3 is 2.41 bits per heavy atom. The molecule has 17 heteroatoms. The number of hydrogen-bond donors (Lipinski definition) is 1. The Labute approximate surface area is 387 Å². The average molecular weight is 921 g/mol. The van der Waals surface area contributed by atoms with Crippen LogP contribution in [0.4, 0.5) is 8.78 Å². The van der Waals surface area contributed by atoms with Gasteiger partial charge in [0.2, 0.25) is 0 Å². The highest BCUT2D eigenvalue weighted by Gasteiger charge is 2.61. The molecule has 0 bridgehead atoms. The van der Waals surface area contributed by atoms with Gasteiger partial charge in [0.05, 0.1) is 45.8 Å². The minimum atomic E-state index is -0.857. The highest BCUT2D eigenvalue weighted by atomic mass is 19.1. The summed E-state index contributed by atoms with van der Waals surface area (Å²) in [6, 6.07) is 16.0. The summed E-state index contributed by atoms with van der Waals surface area (Å²) in [6.45, 7) is 8.96. The van der Waals surface area contributed by atoms with Crippen molar-refractivity contribution < 1.29 is 22.8 Å². The molecule has 0 unspecified atom stereocenters. The van der Waals surface area contributed by atoms with Crippen molar-refractivity contribution in [3.05, 3.63) is 140 Å². The van der Waals surface area contributed by atoms with Crippen molar-refractivity contribution in [1.82, 2.24) is 48.3 Å². The number of aryl methyl sites for hydroxylation is 1. The number of H-pyrrole nitrogens is 1. The molecule has 8 aromatic rings. The van der Waals surface area contributed by atoms with E-state index in [2.05, 4.69) is 58.8 Å². The number of benzene rings is 3. The van der Waals surface area contributed by atoms with Crippen molar-refractivity contribution in [3.8, 4) is 17.2 Å². The van der Waals surface area contributed by atoms with Crippen LogP contribution in [0.1, 0.15) is 129 Å². The van der Waals surface area contributed by atoms with Gasteiger partial charge in [-0.15, -0.1) is 0 Å². The second-order valence-electron chi connectivity index (χ2n) is 20.7. The summed E-state index contributed by atoms with van der Waals surface area (Å²) in [6.07, 6.45) is 10.6. The van der Waals surface area contributed by atoms with Gasteiger partial charge in [0.15, 0.2) is 11.6 Å². The molecule has 3 aromatic carbocycles. The Hall–Kier alpha value is -6.88. The molecule has 348 valence electrons. The number of ether oxygens (including phenoxy) is 1. The number of rotatable bonds is 8. The predicted octanol–water partition coefficient (Wildman–Crippen LogP) is 8.24. The number of aromatic nitrogens is 9. The van der Waals surface area contributed by atoms with Crippen molar-refractivity contribution >= 4 is 27.7 Å². The first-order chi connectivity index (χ1) is 32.7. The van der Waals surface area contributed by atoms with Crippen molar-refractivity contribution in [2.75, 3.05) is 6.61 Å². The molecule has 7 heterocycles. The summed E-state index contributed by atoms with van der Waals surface area (Å²) < 4.78 is 50.9. The van der Waals surface area contributed by atoms with Gasteiger partial charge in [-0.3, -0.25) is 28.1 Å². The summed E-state index contributed by atoms with van der Waals surface area (Å²) in [5.74, 6) is -0.634. The van der Waals surface area contributed by atoms with Gasteiger partial charge in [-0.2, -0.15) is 10.2 Å². The van der Waals surface area contributed by atoms with Crippen LogP contribution in [0.3, 0.4) is 0 Å². The van der Waals surface area contributed by atoms with Crippen LogP contribution in [0.5, 0.6) is 0 Å². The Kier molecular flexibility index (Phi) is 8.56. The molecule has 1 saturated heterocycles. The topological polar surface area (TPSA) is 156 Å². The molecular weight excluding hydrogens is 871 g/mol. The van der Waals surface area contributed by atoms with E-state index in [-0.39, 0.29) is 46.2 Å². The number of imidazole rings is 1. The Bertz CT molecular complexity index is 3560. The lowest BCUT2D eigenvalue weighted by atomic mass is 9.83. The molecule has 2 aliphatic heterocycles. The highest BCUT2D eigenvalue weighted by Crippen LogP contribution is 2.58. The molecule has 13 rings (SSSR count). The van der Waals surface area contributed by atoms with Gasteiger partial charge in [0.25, 0.3) is 5.91 Å². The molecule has 1 spiro atoms. The van der Waals surface area contributed by atoms with Gasteiger partial charge in [0, 0.05) is 54.5 Å². The number of carbonyl (C=O) groups is 1. The Balaban J connectivity index is 0.982. The molecule has 3 saturated carbocycles. The van der Waals surface area contributed by atoms with Crippen LogP contribution >= 0.6 is 0 Å². The number of hydrogen-bond acceptors (Lipinski definition) is 8. The maximum atomic E-state index is 16.3. The molecule has 5 aromatic heterocycles. The standard InChI is InChI=1S/C51H50F2N10O5/c1-27-23-51(27,46-55-47(65)68-57-46)62-38-11-8-30(31-14-19-67-49(3,4)24-31)20-32(38)21-41(62)45(64)61-28(2)42-37(25-50(61)15-16-50)56-63(33-9-10-36(52)34(22-33)29-6-7-29)44(42)60-18-17-59(48(60)66)40-13-12-39-35(43(40)53)26-54-58(39)5/h8-13,17-18,20-22,26-29,31H,6-7,14-16,19,23-25H2,1-5H3,(H,55,57,65)/t27-,28-,31-,51-/m0/s1. The second kappa shape index (κ2) is 14.1. The largest absolute Gasteiger partial charge is 0.438 e. The van der Waals surface area contributed by atoms with Gasteiger partial charge in [-0.25, -0.2) is 23.1 Å². The molecule has 4 atom stereocenters. The quantitative estimate of drug-likeness (QED) is 0.160. The van der Waals surface area contributed by atoms with Crippen LogP contribution in [0.15, 0.2) is 87.3 Å². The van der Waals surface area contributed by atoms with E-state index in [0.29, 0.717) is 59.1 Å². The molecule has 1 N–H and O–H groups in total. The zero-order valence-electron chi connectivity index (χ0n) is 38.4. The number of amides is 1. The van der Waals surface area contributed by atoms with E-state index in [1.807, 2.05) is 24.0 Å². The van der Waals surface area contributed by atoms with Crippen molar-refractivity contribution in [2.24, 2.45) is 13.0 Å². The molecule has 68 heavy (non-hydrogen) atoms. The van der Waals surface area contributed by atoms with Gasteiger partial charge in [-0.1, -0.05) is 18.1 Å². The fourth-order valence-corrected chi connectivity index (χ4v) is 12.1. The molecular formula is C51H50F2N10O5. The van der Waals surface area contributed by atoms with E-state index in [1.54, 1.807) is 40.8 Å². The number of nitrogens with one attached hydrogen (secondary N) is 1. The smallest absolute Gasteiger partial charge is 0.376 e. The zero-order valence-corrected chi connectivity index (χ0v) is 38.4. The van der Waals surface area contributed by atoms with Gasteiger partial charge in [-0.05, 0) is 143 Å². The maximum absolute atomic E-state index is 16.3. The Morgan fingerprint density at radius 2 is 1.69 bits per heavy atom. The molecule has 3 aliphatic carbocycles. The lowest BCUT2D eigenvalue weighted by molar-refractivity contribution is -0.0592. The van der Waals surface area contributed by atoms with E-state index < -0.39 is 34.4 Å². The monoisotopic (exact) mass is 920 g/mol. The minimum absolute atomic E-state index is 0.00215. The van der Waals surface area contributed by atoms with Crippen LogP contribution in [0.2, 0.25) is 0 Å². The molecule has 5 aliphatic rings. The molecule has 1 amide bonds. The third-order valence-corrected chi connectivity index (χ3v) is 15.9. The third kappa shape index (κ3) is 5.96. The fourth-order valence-electron chi connectivity index (χ4n) is 12.1. The first-order valence-electron chi connectivity index (χ1n) is 23.7. The first kappa shape index (κ1) is 41.3. The van der Waals surface area contributed by atoms with Gasteiger partial charge < -0.3 is 14.2 Å². The van der Waals surface area contributed by atoms with Gasteiger partial charge in [0.1, 0.15) is 22.9 Å². The molecule has 15 nitrogen and oxygen atoms in total. The third-order valence-electron chi connectivity index (χ3n) is 15.9. The van der Waals surface area contributed by atoms with Crippen LogP contribution < -0.4 is 11.4 Å². The van der Waals surface area contributed by atoms with E-state index in [0.717, 1.165) is 55.1 Å². The summed E-state index contributed by atoms with van der Waals surface area (Å²) >= 11 is 0. The number of halogens is 2. The lowest BCUT2D eigenvalue weighted by Gasteiger charge is -2.41. The first-order valence-corrected chi connectivity index (χ1v) is 23.7. The van der Waals surface area contributed by atoms with Crippen LogP contribution in [0.25, 0.3) is 39.0 Å². The predicted molar refractivity (Wildman–Crippen MR) is 247 cm³/mol. The molecule has 4 fully saturated rings. The number of nitrogens with zero attached hydrogens (tertiary/aromatic N) is 9. The minimum Gasteiger partial charge on any atom is -0.376 e. The number of aromatic amines is 1.